The van der Waals surface area contributed by atoms with Crippen molar-refractivity contribution >= 4 is 17.6 Å². The van der Waals surface area contributed by atoms with Gasteiger partial charge in [-0.05, 0) is 6.07 Å². The van der Waals surface area contributed by atoms with E-state index in [2.05, 4.69) is 0 Å². The first-order valence-electron chi connectivity index (χ1n) is 4.08. The van der Waals surface area contributed by atoms with Crippen molar-refractivity contribution < 1.29 is 23.8 Å². The molecule has 0 amide bonds. The normalized spacial score (nSPS) is 12.9. The smallest absolute Gasteiger partial charge is 0.307 e. The maximum absolute atomic E-state index is 13.5. The van der Waals surface area contributed by atoms with E-state index in [1.165, 1.54) is 6.07 Å². The molecule has 0 aromatic heterocycles. The van der Waals surface area contributed by atoms with Crippen LogP contribution in [0.25, 0.3) is 0 Å². The summed E-state index contributed by atoms with van der Waals surface area (Å²) in [5.41, 5.74) is -0.0169. The second kappa shape index (κ2) is 3.58. The van der Waals surface area contributed by atoms with Crippen LogP contribution in [0, 0.1) is 5.82 Å². The molecule has 0 fully saturated rings. The van der Waals surface area contributed by atoms with Crippen LogP contribution in [0.2, 0.25) is 5.02 Å². The Kier molecular flexibility index (Phi) is 2.40. The standard InChI is InChI=1S/C9H6ClFO4/c10-7-8(11)4(2-6(12)13)1-5-9(7)15-3-14-5/h1H,2-3H2,(H,12,13). The van der Waals surface area contributed by atoms with Gasteiger partial charge in [0.25, 0.3) is 0 Å². The molecule has 0 spiro atoms. The molecule has 0 saturated carbocycles. The van der Waals surface area contributed by atoms with Gasteiger partial charge in [-0.1, -0.05) is 11.6 Å². The molecular formula is C9H6ClFO4. The Morgan fingerprint density at radius 2 is 2.33 bits per heavy atom. The SMILES string of the molecule is O=C(O)Cc1cc2c(c(Cl)c1F)OCO2. The lowest BCUT2D eigenvalue weighted by molar-refractivity contribution is -0.136. The molecule has 0 unspecified atom stereocenters. The highest BCUT2D eigenvalue weighted by Crippen LogP contribution is 2.41. The number of halogens is 2. The summed E-state index contributed by atoms with van der Waals surface area (Å²) in [5, 5.41) is 8.31. The van der Waals surface area contributed by atoms with Crippen LogP contribution < -0.4 is 9.47 Å². The van der Waals surface area contributed by atoms with Gasteiger partial charge in [0, 0.05) is 5.56 Å². The molecule has 6 heteroatoms. The van der Waals surface area contributed by atoms with Gasteiger partial charge in [0.2, 0.25) is 6.79 Å². The lowest BCUT2D eigenvalue weighted by Crippen LogP contribution is -2.03. The van der Waals surface area contributed by atoms with Crippen molar-refractivity contribution in [3.8, 4) is 11.5 Å². The van der Waals surface area contributed by atoms with Crippen molar-refractivity contribution in [3.05, 3.63) is 22.5 Å². The van der Waals surface area contributed by atoms with E-state index >= 15 is 0 Å². The molecule has 1 aliphatic heterocycles. The first kappa shape index (κ1) is 10.0. The highest BCUT2D eigenvalue weighted by molar-refractivity contribution is 6.32. The fraction of sp³-hybridized carbons (Fsp3) is 0.222. The van der Waals surface area contributed by atoms with Crippen LogP contribution in [0.3, 0.4) is 0 Å². The Morgan fingerprint density at radius 1 is 1.60 bits per heavy atom. The summed E-state index contributed by atoms with van der Waals surface area (Å²) in [6, 6.07) is 1.29. The van der Waals surface area contributed by atoms with Crippen LogP contribution in [0.4, 0.5) is 4.39 Å². The van der Waals surface area contributed by atoms with Crippen molar-refractivity contribution in [2.24, 2.45) is 0 Å². The molecule has 1 aromatic carbocycles. The van der Waals surface area contributed by atoms with Gasteiger partial charge in [-0.15, -0.1) is 0 Å². The molecule has 2 rings (SSSR count). The van der Waals surface area contributed by atoms with E-state index in [1.807, 2.05) is 0 Å². The Hall–Kier alpha value is -1.49. The summed E-state index contributed by atoms with van der Waals surface area (Å²) >= 11 is 5.65. The van der Waals surface area contributed by atoms with E-state index in [0.29, 0.717) is 0 Å². The summed E-state index contributed by atoms with van der Waals surface area (Å²) in [5.74, 6) is -1.51. The van der Waals surface area contributed by atoms with Crippen LogP contribution >= 0.6 is 11.6 Å². The van der Waals surface area contributed by atoms with Crippen molar-refractivity contribution in [2.75, 3.05) is 6.79 Å². The van der Waals surface area contributed by atoms with Crippen LogP contribution in [0.1, 0.15) is 5.56 Å². The number of fused-ring (bicyclic) bond motifs is 1. The third kappa shape index (κ3) is 1.70. The van der Waals surface area contributed by atoms with E-state index in [9.17, 15) is 9.18 Å². The molecule has 15 heavy (non-hydrogen) atoms. The number of rotatable bonds is 2. The fourth-order valence-electron chi connectivity index (χ4n) is 1.32. The monoisotopic (exact) mass is 232 g/mol. The first-order valence-corrected chi connectivity index (χ1v) is 4.45. The number of hydrogen-bond donors (Lipinski definition) is 1. The summed E-state index contributed by atoms with van der Waals surface area (Å²) < 4.78 is 23.4. The zero-order valence-corrected chi connectivity index (χ0v) is 8.18. The molecule has 0 aliphatic carbocycles. The van der Waals surface area contributed by atoms with Gasteiger partial charge in [-0.25, -0.2) is 4.39 Å². The number of carbonyl (C=O) groups is 1. The third-order valence-electron chi connectivity index (χ3n) is 1.96. The molecule has 80 valence electrons. The molecule has 0 bridgehead atoms. The highest BCUT2D eigenvalue weighted by Gasteiger charge is 2.24. The minimum Gasteiger partial charge on any atom is -0.481 e. The van der Waals surface area contributed by atoms with E-state index in [1.54, 1.807) is 0 Å². The van der Waals surface area contributed by atoms with E-state index in [-0.39, 0.29) is 28.9 Å². The van der Waals surface area contributed by atoms with Crippen LogP contribution in [0.5, 0.6) is 11.5 Å². The average Bonchev–Trinajstić information content (AvgIpc) is 2.61. The van der Waals surface area contributed by atoms with Gasteiger partial charge < -0.3 is 14.6 Å². The van der Waals surface area contributed by atoms with Gasteiger partial charge in [-0.2, -0.15) is 0 Å². The zero-order valence-electron chi connectivity index (χ0n) is 7.42. The summed E-state index contributed by atoms with van der Waals surface area (Å²) in [6.07, 6.45) is -0.442. The van der Waals surface area contributed by atoms with E-state index in [4.69, 9.17) is 26.2 Å². The van der Waals surface area contributed by atoms with Gasteiger partial charge >= 0.3 is 5.97 Å². The molecule has 0 saturated heterocycles. The lowest BCUT2D eigenvalue weighted by Gasteiger charge is -2.05. The summed E-state index contributed by atoms with van der Waals surface area (Å²) in [6.45, 7) is -0.0367. The Labute approximate surface area is 89.2 Å². The second-order valence-electron chi connectivity index (χ2n) is 2.97. The predicted molar refractivity (Wildman–Crippen MR) is 48.9 cm³/mol. The number of ether oxygens (including phenoxy) is 2. The highest BCUT2D eigenvalue weighted by atomic mass is 35.5. The number of carboxylic acid groups (broad SMARTS) is 1. The average molecular weight is 233 g/mol. The summed E-state index contributed by atoms with van der Waals surface area (Å²) in [4.78, 5) is 10.5. The molecule has 1 N–H and O–H groups in total. The van der Waals surface area contributed by atoms with Gasteiger partial charge in [0.05, 0.1) is 6.42 Å². The third-order valence-corrected chi connectivity index (χ3v) is 2.30. The van der Waals surface area contributed by atoms with Crippen LogP contribution in [-0.2, 0) is 11.2 Å². The molecule has 1 aromatic rings. The van der Waals surface area contributed by atoms with Crippen LogP contribution in [0.15, 0.2) is 6.07 Å². The lowest BCUT2D eigenvalue weighted by atomic mass is 10.1. The topological polar surface area (TPSA) is 55.8 Å². The van der Waals surface area contributed by atoms with Crippen molar-refractivity contribution in [1.82, 2.24) is 0 Å². The largest absolute Gasteiger partial charge is 0.481 e. The Bertz CT molecular complexity index is 433. The number of benzene rings is 1. The van der Waals surface area contributed by atoms with Crippen molar-refractivity contribution in [1.29, 1.82) is 0 Å². The number of carboxylic acids is 1. The van der Waals surface area contributed by atoms with Crippen LogP contribution in [-0.4, -0.2) is 17.9 Å². The quantitative estimate of drug-likeness (QED) is 0.845. The molecule has 0 atom stereocenters. The fourth-order valence-corrected chi connectivity index (χ4v) is 1.59. The molecule has 1 heterocycles. The van der Waals surface area contributed by atoms with Gasteiger partial charge in [0.1, 0.15) is 10.8 Å². The second-order valence-corrected chi connectivity index (χ2v) is 3.35. The molecular weight excluding hydrogens is 227 g/mol. The summed E-state index contributed by atoms with van der Waals surface area (Å²) in [7, 11) is 0. The van der Waals surface area contributed by atoms with Crippen molar-refractivity contribution in [3.63, 3.8) is 0 Å². The van der Waals surface area contributed by atoms with Crippen molar-refractivity contribution in [2.45, 2.75) is 6.42 Å². The molecule has 1 aliphatic rings. The first-order chi connectivity index (χ1) is 7.09. The van der Waals surface area contributed by atoms with Gasteiger partial charge in [0.15, 0.2) is 11.5 Å². The number of aliphatic carboxylic acids is 1. The predicted octanol–water partition coefficient (Wildman–Crippen LogP) is 1.83. The Morgan fingerprint density at radius 3 is 3.00 bits per heavy atom. The molecule has 0 radical (unpaired) electrons. The maximum Gasteiger partial charge on any atom is 0.307 e. The number of hydrogen-bond acceptors (Lipinski definition) is 3. The Balaban J connectivity index is 2.49. The zero-order chi connectivity index (χ0) is 11.0. The van der Waals surface area contributed by atoms with Gasteiger partial charge in [-0.3, -0.25) is 4.79 Å². The van der Waals surface area contributed by atoms with E-state index in [0.717, 1.165) is 0 Å². The minimum atomic E-state index is -1.14. The minimum absolute atomic E-state index is 0.0169. The maximum atomic E-state index is 13.5. The molecule has 4 nitrogen and oxygen atoms in total. The van der Waals surface area contributed by atoms with E-state index < -0.39 is 18.2 Å².